The highest BCUT2D eigenvalue weighted by atomic mass is 32.1. The van der Waals surface area contributed by atoms with E-state index < -0.39 is 0 Å². The molecular formula is C15H22N2S2. The third-order valence-corrected chi connectivity index (χ3v) is 3.71. The van der Waals surface area contributed by atoms with Gasteiger partial charge in [-0.3, -0.25) is 0 Å². The lowest BCUT2D eigenvalue weighted by atomic mass is 9.85. The van der Waals surface area contributed by atoms with Crippen LogP contribution in [0.1, 0.15) is 44.4 Å². The summed E-state index contributed by atoms with van der Waals surface area (Å²) in [7, 11) is 0. The molecule has 1 rings (SSSR count). The number of hydrogen-bond donors (Lipinski definition) is 2. The van der Waals surface area contributed by atoms with Gasteiger partial charge in [0.25, 0.3) is 0 Å². The quantitative estimate of drug-likeness (QED) is 0.784. The molecule has 0 aliphatic rings. The van der Waals surface area contributed by atoms with Crippen molar-refractivity contribution in [3.63, 3.8) is 0 Å². The summed E-state index contributed by atoms with van der Waals surface area (Å²) in [5, 5.41) is 6.44. The Morgan fingerprint density at radius 1 is 0.947 bits per heavy atom. The van der Waals surface area contributed by atoms with Crippen LogP contribution in [0, 0.1) is 6.92 Å². The Kier molecular flexibility index (Phi) is 5.04. The molecule has 0 saturated carbocycles. The summed E-state index contributed by atoms with van der Waals surface area (Å²) in [6.45, 7) is 10.6. The molecule has 4 heteroatoms. The van der Waals surface area contributed by atoms with Gasteiger partial charge in [0.1, 0.15) is 0 Å². The van der Waals surface area contributed by atoms with E-state index in [4.69, 9.17) is 24.4 Å². The first-order valence-electron chi connectivity index (χ1n) is 6.29. The maximum atomic E-state index is 4.92. The fraction of sp³-hybridized carbons (Fsp3) is 0.467. The molecule has 104 valence electrons. The molecule has 0 fully saturated rings. The molecule has 0 heterocycles. The molecule has 0 unspecified atom stereocenters. The molecule has 0 aliphatic heterocycles. The Labute approximate surface area is 127 Å². The van der Waals surface area contributed by atoms with Gasteiger partial charge in [0.05, 0.1) is 22.1 Å². The molecule has 0 radical (unpaired) electrons. The van der Waals surface area contributed by atoms with E-state index in [0.717, 1.165) is 0 Å². The van der Waals surface area contributed by atoms with E-state index in [1.54, 1.807) is 11.0 Å². The van der Waals surface area contributed by atoms with Crippen LogP contribution in [0.3, 0.4) is 0 Å². The topological polar surface area (TPSA) is 24.1 Å². The van der Waals surface area contributed by atoms with Crippen LogP contribution in [-0.2, 0) is 11.1 Å². The first-order valence-corrected chi connectivity index (χ1v) is 7.23. The van der Waals surface area contributed by atoms with Crippen molar-refractivity contribution in [1.29, 1.82) is 0 Å². The van der Waals surface area contributed by atoms with Crippen molar-refractivity contribution in [2.24, 2.45) is 0 Å². The van der Waals surface area contributed by atoms with Crippen molar-refractivity contribution >= 4 is 35.4 Å². The van der Waals surface area contributed by atoms with E-state index in [0.29, 0.717) is 0 Å². The number of nitrogens with one attached hydrogen (secondary N) is 2. The predicted octanol–water partition coefficient (Wildman–Crippen LogP) is 3.56. The van der Waals surface area contributed by atoms with Crippen LogP contribution in [0.25, 0.3) is 0 Å². The summed E-state index contributed by atoms with van der Waals surface area (Å²) in [6, 6.07) is 6.50. The Bertz CT molecular complexity index is 479. The van der Waals surface area contributed by atoms with Crippen molar-refractivity contribution in [2.75, 3.05) is 0 Å². The Morgan fingerprint density at radius 2 is 1.47 bits per heavy atom. The largest absolute Gasteiger partial charge is 0.373 e. The van der Waals surface area contributed by atoms with Gasteiger partial charge in [-0.2, -0.15) is 0 Å². The normalized spacial score (nSPS) is 11.8. The lowest BCUT2D eigenvalue weighted by molar-refractivity contribution is 0.475. The van der Waals surface area contributed by atoms with Crippen molar-refractivity contribution in [2.45, 2.75) is 45.7 Å². The maximum Gasteiger partial charge on any atom is 0.0621 e. The van der Waals surface area contributed by atoms with Crippen LogP contribution in [0.15, 0.2) is 18.2 Å². The predicted molar refractivity (Wildman–Crippen MR) is 90.8 cm³/mol. The summed E-state index contributed by atoms with van der Waals surface area (Å²) in [6.07, 6.45) is 0. The SMILES string of the molecule is Cc1ccc(C(C)(C)NC=S)cc1C(C)(C)NC=S. The number of aryl methyl sites for hydroxylation is 1. The van der Waals surface area contributed by atoms with E-state index in [-0.39, 0.29) is 11.1 Å². The monoisotopic (exact) mass is 294 g/mol. The first kappa shape index (κ1) is 16.1. The molecule has 1 aromatic rings. The summed E-state index contributed by atoms with van der Waals surface area (Å²) in [5.74, 6) is 0. The van der Waals surface area contributed by atoms with Crippen molar-refractivity contribution < 1.29 is 0 Å². The fourth-order valence-corrected chi connectivity index (χ4v) is 2.73. The summed E-state index contributed by atoms with van der Waals surface area (Å²) >= 11 is 9.83. The molecule has 2 nitrogen and oxygen atoms in total. The van der Waals surface area contributed by atoms with Gasteiger partial charge >= 0.3 is 0 Å². The minimum absolute atomic E-state index is 0.183. The number of thiocarbonyl (C=S) groups is 2. The molecule has 0 amide bonds. The van der Waals surface area contributed by atoms with Crippen molar-refractivity contribution in [3.8, 4) is 0 Å². The highest BCUT2D eigenvalue weighted by Gasteiger charge is 2.25. The highest BCUT2D eigenvalue weighted by molar-refractivity contribution is 7.79. The molecule has 0 saturated heterocycles. The van der Waals surface area contributed by atoms with Crippen LogP contribution >= 0.6 is 24.4 Å². The number of rotatable bonds is 6. The molecule has 0 aromatic heterocycles. The lowest BCUT2D eigenvalue weighted by Gasteiger charge is -2.31. The second kappa shape index (κ2) is 5.97. The standard InChI is InChI=1S/C15H22N2S2/c1-11-6-7-12(14(2,3)16-9-18)8-13(11)15(4,5)17-10-19/h6-10H,1-5H3,(H,16,18)(H,17,19). The van der Waals surface area contributed by atoms with Gasteiger partial charge in [0, 0.05) is 0 Å². The van der Waals surface area contributed by atoms with Crippen LogP contribution in [-0.4, -0.2) is 11.0 Å². The van der Waals surface area contributed by atoms with E-state index in [2.05, 4.69) is 63.5 Å². The average Bonchev–Trinajstić information content (AvgIpc) is 2.28. The van der Waals surface area contributed by atoms with Crippen LogP contribution in [0.2, 0.25) is 0 Å². The molecule has 0 bridgehead atoms. The minimum Gasteiger partial charge on any atom is -0.373 e. The molecule has 0 aliphatic carbocycles. The van der Waals surface area contributed by atoms with Gasteiger partial charge in [0.15, 0.2) is 0 Å². The van der Waals surface area contributed by atoms with Crippen LogP contribution in [0.5, 0.6) is 0 Å². The molecular weight excluding hydrogens is 272 g/mol. The second-order valence-electron chi connectivity index (χ2n) is 5.80. The van der Waals surface area contributed by atoms with Gasteiger partial charge in [-0.15, -0.1) is 0 Å². The third-order valence-electron chi connectivity index (χ3n) is 3.47. The molecule has 19 heavy (non-hydrogen) atoms. The fourth-order valence-electron chi connectivity index (χ4n) is 2.14. The van der Waals surface area contributed by atoms with E-state index in [9.17, 15) is 0 Å². The highest BCUT2D eigenvalue weighted by Crippen LogP contribution is 2.28. The minimum atomic E-state index is -0.185. The summed E-state index contributed by atoms with van der Waals surface area (Å²) < 4.78 is 0. The molecule has 1 aromatic carbocycles. The summed E-state index contributed by atoms with van der Waals surface area (Å²) in [4.78, 5) is 0. The van der Waals surface area contributed by atoms with Gasteiger partial charge in [0.2, 0.25) is 0 Å². The van der Waals surface area contributed by atoms with Gasteiger partial charge in [-0.25, -0.2) is 0 Å². The number of hydrogen-bond acceptors (Lipinski definition) is 2. The Hall–Kier alpha value is -1.00. The Balaban J connectivity index is 3.28. The zero-order valence-corrected chi connectivity index (χ0v) is 13.8. The Morgan fingerprint density at radius 3 is 2.00 bits per heavy atom. The van der Waals surface area contributed by atoms with Crippen molar-refractivity contribution in [3.05, 3.63) is 34.9 Å². The zero-order chi connectivity index (χ0) is 14.7. The average molecular weight is 294 g/mol. The zero-order valence-electron chi connectivity index (χ0n) is 12.2. The van der Waals surface area contributed by atoms with E-state index in [1.807, 2.05) is 0 Å². The maximum absolute atomic E-state index is 4.92. The van der Waals surface area contributed by atoms with Crippen LogP contribution in [0.4, 0.5) is 0 Å². The lowest BCUT2D eigenvalue weighted by Crippen LogP contribution is -2.38. The van der Waals surface area contributed by atoms with Crippen LogP contribution < -0.4 is 10.6 Å². The van der Waals surface area contributed by atoms with Gasteiger partial charge in [-0.05, 0) is 51.3 Å². The molecule has 2 N–H and O–H groups in total. The first-order chi connectivity index (χ1) is 8.74. The van der Waals surface area contributed by atoms with Gasteiger partial charge < -0.3 is 10.6 Å². The second-order valence-corrected chi connectivity index (χ2v) is 6.28. The molecule has 0 atom stereocenters. The number of benzene rings is 1. The third kappa shape index (κ3) is 3.74. The molecule has 0 spiro atoms. The van der Waals surface area contributed by atoms with E-state index >= 15 is 0 Å². The summed E-state index contributed by atoms with van der Waals surface area (Å²) in [5.41, 5.74) is 6.47. The van der Waals surface area contributed by atoms with Crippen molar-refractivity contribution in [1.82, 2.24) is 10.6 Å². The van der Waals surface area contributed by atoms with Gasteiger partial charge in [-0.1, -0.05) is 42.6 Å². The van der Waals surface area contributed by atoms with E-state index in [1.165, 1.54) is 16.7 Å². The smallest absolute Gasteiger partial charge is 0.0621 e.